The van der Waals surface area contributed by atoms with Crippen LogP contribution in [0.3, 0.4) is 0 Å². The van der Waals surface area contributed by atoms with Crippen molar-refractivity contribution < 1.29 is 4.79 Å². The predicted molar refractivity (Wildman–Crippen MR) is 59.3 cm³/mol. The summed E-state index contributed by atoms with van der Waals surface area (Å²) in [5.74, 6) is 0.146. The number of carbonyl (C=O) groups excluding carboxylic acids is 1. The van der Waals surface area contributed by atoms with Gasteiger partial charge in [0, 0.05) is 27.1 Å². The van der Waals surface area contributed by atoms with Gasteiger partial charge in [0.1, 0.15) is 0 Å². The molecule has 0 aliphatic carbocycles. The molecular weight excluding hydrogens is 192 g/mol. The molecule has 1 aromatic heterocycles. The number of hydrogen-bond donors (Lipinski definition) is 1. The van der Waals surface area contributed by atoms with Crippen LogP contribution < -0.4 is 5.73 Å². The van der Waals surface area contributed by atoms with E-state index < -0.39 is 0 Å². The third-order valence-electron chi connectivity index (χ3n) is 2.40. The van der Waals surface area contributed by atoms with E-state index >= 15 is 0 Å². The fourth-order valence-corrected chi connectivity index (χ4v) is 1.29. The van der Waals surface area contributed by atoms with Gasteiger partial charge in [0.05, 0.1) is 17.6 Å². The van der Waals surface area contributed by atoms with E-state index in [9.17, 15) is 4.79 Å². The molecule has 5 nitrogen and oxygen atoms in total. The van der Waals surface area contributed by atoms with Crippen molar-refractivity contribution >= 4 is 11.6 Å². The molecular formula is C10H18N4O. The van der Waals surface area contributed by atoms with Crippen LogP contribution in [0.2, 0.25) is 0 Å². The van der Waals surface area contributed by atoms with Gasteiger partial charge in [-0.1, -0.05) is 0 Å². The topological polar surface area (TPSA) is 64.1 Å². The van der Waals surface area contributed by atoms with Crippen molar-refractivity contribution in [3.63, 3.8) is 0 Å². The summed E-state index contributed by atoms with van der Waals surface area (Å²) in [5.41, 5.74) is 7.33. The average Bonchev–Trinajstić information content (AvgIpc) is 2.49. The Morgan fingerprint density at radius 2 is 2.27 bits per heavy atom. The van der Waals surface area contributed by atoms with Gasteiger partial charge in [-0.05, 0) is 13.3 Å². The Morgan fingerprint density at radius 1 is 1.60 bits per heavy atom. The van der Waals surface area contributed by atoms with Crippen LogP contribution in [0.25, 0.3) is 0 Å². The van der Waals surface area contributed by atoms with Gasteiger partial charge in [-0.25, -0.2) is 0 Å². The van der Waals surface area contributed by atoms with Gasteiger partial charge in [0.2, 0.25) is 5.91 Å². The lowest BCUT2D eigenvalue weighted by Crippen LogP contribution is -2.21. The Hall–Kier alpha value is -1.52. The van der Waals surface area contributed by atoms with Crippen molar-refractivity contribution in [2.24, 2.45) is 0 Å². The number of rotatable bonds is 4. The highest BCUT2D eigenvalue weighted by atomic mass is 16.2. The van der Waals surface area contributed by atoms with Gasteiger partial charge >= 0.3 is 0 Å². The molecule has 1 amide bonds. The number of nitrogens with two attached hydrogens (primary N) is 1. The molecule has 0 saturated carbocycles. The zero-order chi connectivity index (χ0) is 11.4. The van der Waals surface area contributed by atoms with Gasteiger partial charge < -0.3 is 10.6 Å². The Bertz CT molecular complexity index is 343. The minimum absolute atomic E-state index is 0.146. The summed E-state index contributed by atoms with van der Waals surface area (Å²) in [6.45, 7) is 2.67. The minimum atomic E-state index is 0.146. The molecule has 0 aliphatic heterocycles. The maximum absolute atomic E-state index is 11.3. The molecule has 1 aromatic rings. The largest absolute Gasteiger partial charge is 0.396 e. The number of amides is 1. The lowest BCUT2D eigenvalue weighted by Gasteiger charge is -2.10. The van der Waals surface area contributed by atoms with E-state index in [1.807, 2.05) is 11.6 Å². The number of nitrogen functional groups attached to an aromatic ring is 1. The van der Waals surface area contributed by atoms with Crippen LogP contribution in [0.15, 0.2) is 6.20 Å². The average molecular weight is 210 g/mol. The second-order valence-electron chi connectivity index (χ2n) is 3.80. The van der Waals surface area contributed by atoms with Crippen LogP contribution in [-0.2, 0) is 11.3 Å². The molecule has 0 aliphatic rings. The summed E-state index contributed by atoms with van der Waals surface area (Å²) in [4.78, 5) is 12.9. The molecule has 2 N–H and O–H groups in total. The lowest BCUT2D eigenvalue weighted by atomic mass is 10.3. The SMILES string of the molecule is Cc1c(N)cnn1CCCC(=O)N(C)C. The molecule has 0 fully saturated rings. The zero-order valence-electron chi connectivity index (χ0n) is 9.53. The Labute approximate surface area is 89.9 Å². The molecule has 0 unspecified atom stereocenters. The molecule has 0 radical (unpaired) electrons. The third-order valence-corrected chi connectivity index (χ3v) is 2.40. The van der Waals surface area contributed by atoms with E-state index in [4.69, 9.17) is 5.73 Å². The first-order chi connectivity index (χ1) is 7.02. The molecule has 1 rings (SSSR count). The minimum Gasteiger partial charge on any atom is -0.396 e. The normalized spacial score (nSPS) is 10.3. The van der Waals surface area contributed by atoms with Crippen molar-refractivity contribution in [2.45, 2.75) is 26.3 Å². The summed E-state index contributed by atoms with van der Waals surface area (Å²) in [7, 11) is 3.53. The summed E-state index contributed by atoms with van der Waals surface area (Å²) in [6.07, 6.45) is 2.98. The molecule has 0 atom stereocenters. The molecule has 0 aromatic carbocycles. The predicted octanol–water partition coefficient (Wildman–Crippen LogP) is 0.642. The number of aromatic nitrogens is 2. The maximum atomic E-state index is 11.3. The van der Waals surface area contributed by atoms with E-state index in [1.54, 1.807) is 25.2 Å². The molecule has 5 heteroatoms. The molecule has 0 bridgehead atoms. The highest BCUT2D eigenvalue weighted by Crippen LogP contribution is 2.09. The van der Waals surface area contributed by atoms with Crippen molar-refractivity contribution in [3.8, 4) is 0 Å². The first kappa shape index (κ1) is 11.6. The van der Waals surface area contributed by atoms with Crippen molar-refractivity contribution in [1.29, 1.82) is 0 Å². The number of carbonyl (C=O) groups is 1. The highest BCUT2D eigenvalue weighted by molar-refractivity contribution is 5.75. The van der Waals surface area contributed by atoms with Crippen molar-refractivity contribution in [3.05, 3.63) is 11.9 Å². The summed E-state index contributed by atoms with van der Waals surface area (Å²) in [6, 6.07) is 0. The van der Waals surface area contributed by atoms with Gasteiger partial charge in [-0.2, -0.15) is 5.10 Å². The molecule has 84 valence electrons. The van der Waals surface area contributed by atoms with Gasteiger partial charge in [-0.3, -0.25) is 9.48 Å². The number of aryl methyl sites for hydroxylation is 1. The Kier molecular flexibility index (Phi) is 3.71. The van der Waals surface area contributed by atoms with Gasteiger partial charge in [0.25, 0.3) is 0 Å². The highest BCUT2D eigenvalue weighted by Gasteiger charge is 2.06. The smallest absolute Gasteiger partial charge is 0.222 e. The fourth-order valence-electron chi connectivity index (χ4n) is 1.29. The van der Waals surface area contributed by atoms with E-state index in [1.165, 1.54) is 0 Å². The quantitative estimate of drug-likeness (QED) is 0.793. The van der Waals surface area contributed by atoms with E-state index in [0.29, 0.717) is 12.1 Å². The van der Waals surface area contributed by atoms with E-state index in [-0.39, 0.29) is 5.91 Å². The van der Waals surface area contributed by atoms with Gasteiger partial charge in [-0.15, -0.1) is 0 Å². The summed E-state index contributed by atoms with van der Waals surface area (Å²) >= 11 is 0. The van der Waals surface area contributed by atoms with Gasteiger partial charge in [0.15, 0.2) is 0 Å². The molecule has 1 heterocycles. The van der Waals surface area contributed by atoms with Crippen molar-refractivity contribution in [2.75, 3.05) is 19.8 Å². The standard InChI is InChI=1S/C10H18N4O/c1-8-9(11)7-12-14(8)6-4-5-10(15)13(2)3/h7H,4-6,11H2,1-3H3. The van der Waals surface area contributed by atoms with Crippen molar-refractivity contribution in [1.82, 2.24) is 14.7 Å². The van der Waals surface area contributed by atoms with Crippen LogP contribution in [0.1, 0.15) is 18.5 Å². The number of nitrogens with zero attached hydrogens (tertiary/aromatic N) is 3. The molecule has 15 heavy (non-hydrogen) atoms. The molecule has 0 spiro atoms. The van der Waals surface area contributed by atoms with Crippen LogP contribution in [0.5, 0.6) is 0 Å². The molecule has 0 saturated heterocycles. The van der Waals surface area contributed by atoms with Crippen LogP contribution in [0, 0.1) is 6.92 Å². The first-order valence-corrected chi connectivity index (χ1v) is 5.00. The summed E-state index contributed by atoms with van der Waals surface area (Å²) in [5, 5.41) is 4.12. The van der Waals surface area contributed by atoms with Crippen LogP contribution >= 0.6 is 0 Å². The second kappa shape index (κ2) is 4.82. The fraction of sp³-hybridized carbons (Fsp3) is 0.600. The Balaban J connectivity index is 2.38. The van der Waals surface area contributed by atoms with Crippen LogP contribution in [0.4, 0.5) is 5.69 Å². The maximum Gasteiger partial charge on any atom is 0.222 e. The summed E-state index contributed by atoms with van der Waals surface area (Å²) < 4.78 is 1.83. The second-order valence-corrected chi connectivity index (χ2v) is 3.80. The van der Waals surface area contributed by atoms with E-state index in [2.05, 4.69) is 5.10 Å². The third kappa shape index (κ3) is 2.97. The number of anilines is 1. The zero-order valence-corrected chi connectivity index (χ0v) is 9.53. The Morgan fingerprint density at radius 3 is 2.73 bits per heavy atom. The number of hydrogen-bond acceptors (Lipinski definition) is 3. The first-order valence-electron chi connectivity index (χ1n) is 5.00. The van der Waals surface area contributed by atoms with Crippen LogP contribution in [-0.4, -0.2) is 34.7 Å². The monoisotopic (exact) mass is 210 g/mol. The lowest BCUT2D eigenvalue weighted by molar-refractivity contribution is -0.128. The van der Waals surface area contributed by atoms with E-state index in [0.717, 1.165) is 18.7 Å².